The second-order valence-electron chi connectivity index (χ2n) is 5.79. The van der Waals surface area contributed by atoms with Crippen molar-refractivity contribution in [1.29, 1.82) is 0 Å². The van der Waals surface area contributed by atoms with Crippen LogP contribution >= 0.6 is 0 Å². The van der Waals surface area contributed by atoms with Crippen LogP contribution in [-0.2, 0) is 9.53 Å². The molecule has 0 aromatic heterocycles. The third-order valence-electron chi connectivity index (χ3n) is 3.81. The van der Waals surface area contributed by atoms with Crippen LogP contribution in [0.25, 0.3) is 0 Å². The lowest BCUT2D eigenvalue weighted by Crippen LogP contribution is -2.41. The SMILES string of the molecule is CCOc1ccc(C(=O)O[C@@H](C(=O)NC(=O)NC)c2ccccc2)cc1OCC. The third kappa shape index (κ3) is 5.97. The minimum atomic E-state index is -1.30. The highest BCUT2D eigenvalue weighted by Gasteiger charge is 2.27. The second-order valence-corrected chi connectivity index (χ2v) is 5.79. The Morgan fingerprint density at radius 1 is 0.931 bits per heavy atom. The van der Waals surface area contributed by atoms with Gasteiger partial charge in [0.05, 0.1) is 18.8 Å². The Morgan fingerprint density at radius 3 is 2.21 bits per heavy atom. The Kier molecular flexibility index (Phi) is 8.02. The highest BCUT2D eigenvalue weighted by atomic mass is 16.5. The number of benzene rings is 2. The topological polar surface area (TPSA) is 103 Å². The molecule has 0 saturated heterocycles. The van der Waals surface area contributed by atoms with Crippen molar-refractivity contribution in [3.8, 4) is 11.5 Å². The first-order valence-electron chi connectivity index (χ1n) is 9.18. The molecule has 0 aliphatic carbocycles. The van der Waals surface area contributed by atoms with Gasteiger partial charge in [-0.3, -0.25) is 10.1 Å². The quantitative estimate of drug-likeness (QED) is 0.661. The van der Waals surface area contributed by atoms with E-state index in [1.165, 1.54) is 19.2 Å². The van der Waals surface area contributed by atoms with Crippen molar-refractivity contribution in [2.24, 2.45) is 0 Å². The summed E-state index contributed by atoms with van der Waals surface area (Å²) in [6.07, 6.45) is -1.30. The van der Waals surface area contributed by atoms with Crippen LogP contribution in [0.1, 0.15) is 35.9 Å². The molecule has 0 spiro atoms. The number of nitrogens with one attached hydrogen (secondary N) is 2. The summed E-state index contributed by atoms with van der Waals surface area (Å²) in [5.74, 6) is -0.604. The fraction of sp³-hybridized carbons (Fsp3) is 0.286. The molecule has 2 aromatic carbocycles. The van der Waals surface area contributed by atoms with E-state index in [9.17, 15) is 14.4 Å². The molecule has 29 heavy (non-hydrogen) atoms. The van der Waals surface area contributed by atoms with Gasteiger partial charge in [-0.2, -0.15) is 0 Å². The molecule has 8 nitrogen and oxygen atoms in total. The van der Waals surface area contributed by atoms with Crippen LogP contribution in [0.2, 0.25) is 0 Å². The molecule has 0 unspecified atom stereocenters. The molecule has 2 aromatic rings. The summed E-state index contributed by atoms with van der Waals surface area (Å²) in [4.78, 5) is 36.7. The van der Waals surface area contributed by atoms with E-state index < -0.39 is 24.0 Å². The normalized spacial score (nSPS) is 11.1. The Bertz CT molecular complexity index is 854. The number of ether oxygens (including phenoxy) is 3. The molecule has 1 atom stereocenters. The van der Waals surface area contributed by atoms with Crippen molar-refractivity contribution < 1.29 is 28.6 Å². The molecular formula is C21H24N2O6. The molecule has 154 valence electrons. The van der Waals surface area contributed by atoms with Crippen LogP contribution in [0.5, 0.6) is 11.5 Å². The summed E-state index contributed by atoms with van der Waals surface area (Å²) in [5, 5.41) is 4.42. The summed E-state index contributed by atoms with van der Waals surface area (Å²) in [5.41, 5.74) is 0.615. The van der Waals surface area contributed by atoms with Crippen LogP contribution in [0, 0.1) is 0 Å². The van der Waals surface area contributed by atoms with Gasteiger partial charge in [0.25, 0.3) is 5.91 Å². The Labute approximate surface area is 169 Å². The molecule has 0 aliphatic heterocycles. The van der Waals surface area contributed by atoms with Crippen molar-refractivity contribution in [3.05, 3.63) is 59.7 Å². The predicted molar refractivity (Wildman–Crippen MR) is 106 cm³/mol. The van der Waals surface area contributed by atoms with E-state index in [-0.39, 0.29) is 5.56 Å². The number of esters is 1. The summed E-state index contributed by atoms with van der Waals surface area (Å²) in [6.45, 7) is 4.49. The zero-order valence-corrected chi connectivity index (χ0v) is 16.6. The van der Waals surface area contributed by atoms with Crippen molar-refractivity contribution in [2.45, 2.75) is 20.0 Å². The van der Waals surface area contributed by atoms with Gasteiger partial charge in [-0.25, -0.2) is 9.59 Å². The molecule has 3 amide bonds. The number of imide groups is 1. The molecule has 8 heteroatoms. The number of hydrogen-bond acceptors (Lipinski definition) is 6. The Hall–Kier alpha value is -3.55. The molecule has 0 aliphatic rings. The van der Waals surface area contributed by atoms with Crippen LogP contribution in [0.3, 0.4) is 0 Å². The number of rotatable bonds is 8. The molecule has 2 rings (SSSR count). The highest BCUT2D eigenvalue weighted by molar-refractivity contribution is 5.99. The van der Waals surface area contributed by atoms with Crippen LogP contribution in [0.15, 0.2) is 48.5 Å². The van der Waals surface area contributed by atoms with E-state index >= 15 is 0 Å². The summed E-state index contributed by atoms with van der Waals surface area (Å²) in [6, 6.07) is 12.3. The molecule has 2 N–H and O–H groups in total. The smallest absolute Gasteiger partial charge is 0.339 e. The zero-order chi connectivity index (χ0) is 21.2. The standard InChI is InChI=1S/C21H24N2O6/c1-4-27-16-12-11-15(13-17(16)28-5-2)20(25)29-18(14-9-7-6-8-10-14)19(24)23-21(26)22-3/h6-13,18H,4-5H2,1-3H3,(H2,22,23,24,26)/t18-/m1/s1. The zero-order valence-electron chi connectivity index (χ0n) is 16.6. The first-order valence-corrected chi connectivity index (χ1v) is 9.18. The number of hydrogen-bond donors (Lipinski definition) is 2. The van der Waals surface area contributed by atoms with Crippen molar-refractivity contribution in [2.75, 3.05) is 20.3 Å². The average molecular weight is 400 g/mol. The van der Waals surface area contributed by atoms with Crippen molar-refractivity contribution in [3.63, 3.8) is 0 Å². The number of amides is 3. The minimum Gasteiger partial charge on any atom is -0.490 e. The predicted octanol–water partition coefficient (Wildman–Crippen LogP) is 2.84. The van der Waals surface area contributed by atoms with Gasteiger partial charge in [-0.05, 0) is 32.0 Å². The largest absolute Gasteiger partial charge is 0.490 e. The van der Waals surface area contributed by atoms with Crippen LogP contribution in [0.4, 0.5) is 4.79 Å². The van der Waals surface area contributed by atoms with E-state index in [1.807, 2.05) is 13.8 Å². The summed E-state index contributed by atoms with van der Waals surface area (Å²) in [7, 11) is 1.38. The lowest BCUT2D eigenvalue weighted by molar-refractivity contribution is -0.129. The molecule has 0 radical (unpaired) electrons. The van der Waals surface area contributed by atoms with Gasteiger partial charge in [0, 0.05) is 12.6 Å². The van der Waals surface area contributed by atoms with Crippen LogP contribution in [-0.4, -0.2) is 38.2 Å². The molecular weight excluding hydrogens is 376 g/mol. The summed E-state index contributed by atoms with van der Waals surface area (Å²) >= 11 is 0. The van der Waals surface area contributed by atoms with Gasteiger partial charge in [-0.1, -0.05) is 30.3 Å². The van der Waals surface area contributed by atoms with Gasteiger partial charge in [0.1, 0.15) is 0 Å². The average Bonchev–Trinajstić information content (AvgIpc) is 2.73. The third-order valence-corrected chi connectivity index (χ3v) is 3.81. The summed E-state index contributed by atoms with van der Waals surface area (Å²) < 4.78 is 16.4. The molecule has 0 saturated carbocycles. The maximum absolute atomic E-state index is 12.7. The van der Waals surface area contributed by atoms with E-state index in [0.29, 0.717) is 30.3 Å². The first-order chi connectivity index (χ1) is 14.0. The first kappa shape index (κ1) is 21.7. The Balaban J connectivity index is 2.28. The number of carbonyl (C=O) groups excluding carboxylic acids is 3. The van der Waals surface area contributed by atoms with Gasteiger partial charge in [-0.15, -0.1) is 0 Å². The minimum absolute atomic E-state index is 0.186. The molecule has 0 fully saturated rings. The fourth-order valence-electron chi connectivity index (χ4n) is 2.49. The van der Waals surface area contributed by atoms with Crippen molar-refractivity contribution in [1.82, 2.24) is 10.6 Å². The van der Waals surface area contributed by atoms with E-state index in [1.54, 1.807) is 36.4 Å². The van der Waals surface area contributed by atoms with E-state index in [4.69, 9.17) is 14.2 Å². The van der Waals surface area contributed by atoms with E-state index in [0.717, 1.165) is 0 Å². The number of urea groups is 1. The Morgan fingerprint density at radius 2 is 1.59 bits per heavy atom. The van der Waals surface area contributed by atoms with Gasteiger partial charge < -0.3 is 19.5 Å². The lowest BCUT2D eigenvalue weighted by Gasteiger charge is -2.18. The lowest BCUT2D eigenvalue weighted by atomic mass is 10.1. The van der Waals surface area contributed by atoms with Gasteiger partial charge in [0.2, 0.25) is 6.10 Å². The monoisotopic (exact) mass is 400 g/mol. The maximum Gasteiger partial charge on any atom is 0.339 e. The molecule has 0 bridgehead atoms. The second kappa shape index (κ2) is 10.7. The van der Waals surface area contributed by atoms with Gasteiger partial charge in [0.15, 0.2) is 11.5 Å². The molecule has 0 heterocycles. The van der Waals surface area contributed by atoms with E-state index in [2.05, 4.69) is 10.6 Å². The maximum atomic E-state index is 12.7. The van der Waals surface area contributed by atoms with Crippen LogP contribution < -0.4 is 20.1 Å². The number of carbonyl (C=O) groups is 3. The fourth-order valence-corrected chi connectivity index (χ4v) is 2.49. The highest BCUT2D eigenvalue weighted by Crippen LogP contribution is 2.29. The van der Waals surface area contributed by atoms with Crippen molar-refractivity contribution >= 4 is 17.9 Å². The van der Waals surface area contributed by atoms with Gasteiger partial charge >= 0.3 is 12.0 Å².